The zero-order valence-corrected chi connectivity index (χ0v) is 10.6. The van der Waals surface area contributed by atoms with Crippen molar-refractivity contribution in [1.82, 2.24) is 0 Å². The molecule has 17 heavy (non-hydrogen) atoms. The summed E-state index contributed by atoms with van der Waals surface area (Å²) in [4.78, 5) is 11.6. The summed E-state index contributed by atoms with van der Waals surface area (Å²) >= 11 is 0. The Labute approximate surface area is 103 Å². The van der Waals surface area contributed by atoms with Gasteiger partial charge in [0, 0.05) is 18.9 Å². The highest BCUT2D eigenvalue weighted by Gasteiger charge is 2.76. The smallest absolute Gasteiger partial charge is 0.130 e. The predicted molar refractivity (Wildman–Crippen MR) is 66.5 cm³/mol. The van der Waals surface area contributed by atoms with Crippen molar-refractivity contribution in [1.29, 1.82) is 0 Å². The van der Waals surface area contributed by atoms with Crippen LogP contribution in [0.15, 0.2) is 24.3 Å². The van der Waals surface area contributed by atoms with Crippen molar-refractivity contribution < 1.29 is 9.53 Å². The number of fused-ring (bicyclic) bond motifs is 5. The summed E-state index contributed by atoms with van der Waals surface area (Å²) < 4.78 is 5.46. The predicted octanol–water partition coefficient (Wildman–Crippen LogP) is 2.75. The van der Waals surface area contributed by atoms with Crippen molar-refractivity contribution in [2.75, 3.05) is 13.7 Å². The molecule has 0 amide bonds. The van der Waals surface area contributed by atoms with Gasteiger partial charge < -0.3 is 9.53 Å². The van der Waals surface area contributed by atoms with Crippen LogP contribution in [0.1, 0.15) is 26.2 Å². The lowest BCUT2D eigenvalue weighted by Gasteiger charge is -2.23. The van der Waals surface area contributed by atoms with E-state index in [0.29, 0.717) is 17.6 Å². The van der Waals surface area contributed by atoms with Gasteiger partial charge in [0.05, 0.1) is 6.61 Å². The molecular formula is C15H20O2. The van der Waals surface area contributed by atoms with Crippen LogP contribution in [-0.2, 0) is 9.53 Å². The SMILES string of the molecule is COC[C@@]12C[C@]1(CC(C)=O)[C@@H]1C=CC=C[C@H]2C1. The number of carbonyl (C=O) groups excluding carboxylic acids is 1. The minimum Gasteiger partial charge on any atom is -0.384 e. The molecule has 0 radical (unpaired) electrons. The minimum absolute atomic E-state index is 0.209. The van der Waals surface area contributed by atoms with Gasteiger partial charge in [0.2, 0.25) is 0 Å². The van der Waals surface area contributed by atoms with Crippen LogP contribution < -0.4 is 0 Å². The van der Waals surface area contributed by atoms with Crippen LogP contribution in [0.3, 0.4) is 0 Å². The Hall–Kier alpha value is -0.890. The number of ether oxygens (including phenoxy) is 1. The fourth-order valence-electron chi connectivity index (χ4n) is 4.54. The first-order chi connectivity index (χ1) is 8.14. The van der Waals surface area contributed by atoms with Crippen LogP contribution in [0, 0.1) is 22.7 Å². The zero-order chi connectivity index (χ0) is 12.1. The Morgan fingerprint density at radius 1 is 1.29 bits per heavy atom. The molecule has 3 aliphatic carbocycles. The molecule has 0 aliphatic heterocycles. The van der Waals surface area contributed by atoms with E-state index in [1.807, 2.05) is 0 Å². The van der Waals surface area contributed by atoms with Crippen LogP contribution in [0.5, 0.6) is 0 Å². The first-order valence-corrected chi connectivity index (χ1v) is 6.48. The second kappa shape index (κ2) is 3.55. The topological polar surface area (TPSA) is 26.3 Å². The van der Waals surface area contributed by atoms with Crippen molar-refractivity contribution in [2.45, 2.75) is 26.2 Å². The van der Waals surface area contributed by atoms with E-state index in [4.69, 9.17) is 4.74 Å². The van der Waals surface area contributed by atoms with E-state index in [2.05, 4.69) is 24.3 Å². The Balaban J connectivity index is 1.96. The maximum Gasteiger partial charge on any atom is 0.130 e. The van der Waals surface area contributed by atoms with Gasteiger partial charge in [-0.15, -0.1) is 0 Å². The molecule has 3 rings (SSSR count). The Morgan fingerprint density at radius 3 is 2.53 bits per heavy atom. The molecule has 3 aliphatic rings. The van der Waals surface area contributed by atoms with Gasteiger partial charge in [-0.1, -0.05) is 24.3 Å². The Morgan fingerprint density at radius 2 is 1.94 bits per heavy atom. The van der Waals surface area contributed by atoms with E-state index in [0.717, 1.165) is 19.4 Å². The van der Waals surface area contributed by atoms with Crippen molar-refractivity contribution in [3.8, 4) is 0 Å². The lowest BCUT2D eigenvalue weighted by Crippen LogP contribution is -2.23. The largest absolute Gasteiger partial charge is 0.384 e. The number of hydrogen-bond donors (Lipinski definition) is 0. The summed E-state index contributed by atoms with van der Waals surface area (Å²) in [5.74, 6) is 1.50. The lowest BCUT2D eigenvalue weighted by molar-refractivity contribution is -0.118. The van der Waals surface area contributed by atoms with Crippen LogP contribution >= 0.6 is 0 Å². The summed E-state index contributed by atoms with van der Waals surface area (Å²) in [6, 6.07) is 0. The van der Waals surface area contributed by atoms with Crippen LogP contribution in [0.2, 0.25) is 0 Å². The standard InChI is InChI=1S/C15H20O2/c1-11(16)8-14-9-15(14,10-17-2)13-6-4-3-5-12(14)7-13/h3-6,12-13H,7-10H2,1-2H3/t12-,13+,14-,15-/m1/s1. The average Bonchev–Trinajstić information content (AvgIpc) is 2.88. The van der Waals surface area contributed by atoms with Gasteiger partial charge in [-0.05, 0) is 37.0 Å². The molecule has 0 unspecified atom stereocenters. The highest BCUT2D eigenvalue weighted by atomic mass is 16.5. The highest BCUT2D eigenvalue weighted by Crippen LogP contribution is 2.80. The fourth-order valence-corrected chi connectivity index (χ4v) is 4.54. The fraction of sp³-hybridized carbons (Fsp3) is 0.667. The summed E-state index contributed by atoms with van der Waals surface area (Å²) in [6.45, 7) is 2.53. The quantitative estimate of drug-likeness (QED) is 0.745. The molecule has 0 spiro atoms. The molecular weight excluding hydrogens is 212 g/mol. The third-order valence-corrected chi connectivity index (χ3v) is 5.19. The molecule has 0 N–H and O–H groups in total. The highest BCUT2D eigenvalue weighted by molar-refractivity contribution is 5.77. The molecule has 0 aromatic carbocycles. The van der Waals surface area contributed by atoms with E-state index in [9.17, 15) is 4.79 Å². The first kappa shape index (κ1) is 11.2. The maximum absolute atomic E-state index is 11.6. The second-order valence-corrected chi connectivity index (χ2v) is 6.02. The molecule has 2 nitrogen and oxygen atoms in total. The van der Waals surface area contributed by atoms with Gasteiger partial charge >= 0.3 is 0 Å². The number of allylic oxidation sites excluding steroid dienone is 4. The molecule has 0 saturated heterocycles. The van der Waals surface area contributed by atoms with E-state index < -0.39 is 0 Å². The number of hydrogen-bond acceptors (Lipinski definition) is 2. The van der Waals surface area contributed by atoms with Crippen LogP contribution in [-0.4, -0.2) is 19.5 Å². The summed E-state index contributed by atoms with van der Waals surface area (Å²) in [6.07, 6.45) is 12.0. The maximum atomic E-state index is 11.6. The lowest BCUT2D eigenvalue weighted by atomic mass is 9.82. The summed E-state index contributed by atoms with van der Waals surface area (Å²) in [5.41, 5.74) is 0.458. The number of methoxy groups -OCH3 is 1. The molecule has 2 heteroatoms. The van der Waals surface area contributed by atoms with Gasteiger partial charge in [0.15, 0.2) is 0 Å². The molecule has 0 heterocycles. The number of rotatable bonds is 4. The summed E-state index contributed by atoms with van der Waals surface area (Å²) in [7, 11) is 1.78. The Bertz CT molecular complexity index is 409. The minimum atomic E-state index is 0.209. The third kappa shape index (κ3) is 1.33. The first-order valence-electron chi connectivity index (χ1n) is 6.48. The average molecular weight is 232 g/mol. The summed E-state index contributed by atoms with van der Waals surface area (Å²) in [5, 5.41) is 0. The molecule has 0 aromatic rings. The van der Waals surface area contributed by atoms with Gasteiger partial charge in [-0.25, -0.2) is 0 Å². The van der Waals surface area contributed by atoms with E-state index in [1.54, 1.807) is 14.0 Å². The van der Waals surface area contributed by atoms with Crippen molar-refractivity contribution in [3.05, 3.63) is 24.3 Å². The van der Waals surface area contributed by atoms with Crippen LogP contribution in [0.25, 0.3) is 0 Å². The van der Waals surface area contributed by atoms with Gasteiger partial charge in [0.25, 0.3) is 0 Å². The van der Waals surface area contributed by atoms with Crippen molar-refractivity contribution in [2.24, 2.45) is 22.7 Å². The number of carbonyl (C=O) groups is 1. The van der Waals surface area contributed by atoms with Crippen molar-refractivity contribution >= 4 is 5.78 Å². The third-order valence-electron chi connectivity index (χ3n) is 5.19. The molecule has 2 fully saturated rings. The van der Waals surface area contributed by atoms with E-state index >= 15 is 0 Å². The van der Waals surface area contributed by atoms with E-state index in [-0.39, 0.29) is 10.8 Å². The molecule has 4 atom stereocenters. The van der Waals surface area contributed by atoms with Gasteiger partial charge in [0.1, 0.15) is 5.78 Å². The molecule has 2 bridgehead atoms. The monoisotopic (exact) mass is 232 g/mol. The molecule has 2 saturated carbocycles. The molecule has 92 valence electrons. The second-order valence-electron chi connectivity index (χ2n) is 6.02. The Kier molecular flexibility index (Phi) is 2.34. The van der Waals surface area contributed by atoms with Gasteiger partial charge in [-0.2, -0.15) is 0 Å². The zero-order valence-electron chi connectivity index (χ0n) is 10.6. The normalized spacial score (nSPS) is 45.5. The number of ketones is 1. The van der Waals surface area contributed by atoms with E-state index in [1.165, 1.54) is 6.42 Å². The van der Waals surface area contributed by atoms with Crippen LogP contribution in [0.4, 0.5) is 0 Å². The number of Topliss-reactive ketones (excluding diaryl/α,β-unsaturated/α-hetero) is 1. The van der Waals surface area contributed by atoms with Crippen molar-refractivity contribution in [3.63, 3.8) is 0 Å². The van der Waals surface area contributed by atoms with Gasteiger partial charge in [-0.3, -0.25) is 0 Å². The molecule has 0 aromatic heterocycles.